The number of aldehydes is 1. The molecule has 1 fully saturated rings. The van der Waals surface area contributed by atoms with Crippen LogP contribution in [-0.4, -0.2) is 26.6 Å². The summed E-state index contributed by atoms with van der Waals surface area (Å²) >= 11 is 0. The van der Waals surface area contributed by atoms with Crippen molar-refractivity contribution < 1.29 is 19.1 Å². The van der Waals surface area contributed by atoms with E-state index in [9.17, 15) is 9.59 Å². The molecule has 0 spiro atoms. The number of carbonyl (C=O) groups is 1. The predicted octanol–water partition coefficient (Wildman–Crippen LogP) is 1.84. The zero-order valence-electron chi connectivity index (χ0n) is 10.2. The van der Waals surface area contributed by atoms with E-state index in [0.717, 1.165) is 18.4 Å². The molecule has 5 heteroatoms. The molecule has 0 bridgehead atoms. The highest BCUT2D eigenvalue weighted by atomic mass is 16.5. The summed E-state index contributed by atoms with van der Waals surface area (Å²) in [5.74, 6) is 0.853. The number of ether oxygens (including phenoxy) is 2. The number of methoxy groups -OCH3 is 2. The summed E-state index contributed by atoms with van der Waals surface area (Å²) in [7, 11) is 2.97. The SMILES string of the molecule is COc1cc(C2(N=C=O)CC2)cc(C=O)c1OC. The normalized spacial score (nSPS) is 15.4. The van der Waals surface area contributed by atoms with Gasteiger partial charge in [-0.15, -0.1) is 0 Å². The quantitative estimate of drug-likeness (QED) is 0.452. The lowest BCUT2D eigenvalue weighted by atomic mass is 10.0. The van der Waals surface area contributed by atoms with Crippen LogP contribution in [0.1, 0.15) is 28.8 Å². The summed E-state index contributed by atoms with van der Waals surface area (Å²) in [6, 6.07) is 3.43. The monoisotopic (exact) mass is 247 g/mol. The van der Waals surface area contributed by atoms with Gasteiger partial charge in [0.15, 0.2) is 17.8 Å². The van der Waals surface area contributed by atoms with E-state index < -0.39 is 5.54 Å². The van der Waals surface area contributed by atoms with E-state index in [4.69, 9.17) is 9.47 Å². The van der Waals surface area contributed by atoms with Gasteiger partial charge in [-0.05, 0) is 30.5 Å². The topological polar surface area (TPSA) is 65.0 Å². The first-order valence-electron chi connectivity index (χ1n) is 5.51. The molecular formula is C13H13NO4. The van der Waals surface area contributed by atoms with E-state index in [-0.39, 0.29) is 0 Å². The Morgan fingerprint density at radius 2 is 2.06 bits per heavy atom. The van der Waals surface area contributed by atoms with E-state index in [1.807, 2.05) is 0 Å². The van der Waals surface area contributed by atoms with E-state index in [0.29, 0.717) is 23.3 Å². The number of hydrogen-bond acceptors (Lipinski definition) is 5. The zero-order valence-corrected chi connectivity index (χ0v) is 10.2. The van der Waals surface area contributed by atoms with Crippen LogP contribution in [0.4, 0.5) is 0 Å². The maximum absolute atomic E-state index is 11.1. The molecule has 0 amide bonds. The first-order valence-corrected chi connectivity index (χ1v) is 5.51. The summed E-state index contributed by atoms with van der Waals surface area (Å²) in [6.07, 6.45) is 3.83. The lowest BCUT2D eigenvalue weighted by Gasteiger charge is -2.15. The van der Waals surface area contributed by atoms with Gasteiger partial charge in [-0.1, -0.05) is 0 Å². The van der Waals surface area contributed by atoms with Gasteiger partial charge in [-0.25, -0.2) is 4.79 Å². The second kappa shape index (κ2) is 4.63. The first kappa shape index (κ1) is 12.3. The molecule has 0 saturated heterocycles. The van der Waals surface area contributed by atoms with Crippen molar-refractivity contribution in [2.75, 3.05) is 14.2 Å². The molecule has 0 N–H and O–H groups in total. The Bertz CT molecular complexity index is 528. The summed E-state index contributed by atoms with van der Waals surface area (Å²) in [5.41, 5.74) is 0.642. The van der Waals surface area contributed by atoms with Gasteiger partial charge in [0.1, 0.15) is 0 Å². The number of rotatable bonds is 5. The molecule has 0 unspecified atom stereocenters. The number of aliphatic imine (C=N–C) groups is 1. The number of isocyanates is 1. The second-order valence-electron chi connectivity index (χ2n) is 4.15. The molecule has 1 aliphatic rings. The number of nitrogens with zero attached hydrogens (tertiary/aromatic N) is 1. The van der Waals surface area contributed by atoms with Crippen molar-refractivity contribution >= 4 is 12.4 Å². The third-order valence-electron chi connectivity index (χ3n) is 3.16. The lowest BCUT2D eigenvalue weighted by molar-refractivity contribution is 0.112. The predicted molar refractivity (Wildman–Crippen MR) is 64.0 cm³/mol. The Morgan fingerprint density at radius 1 is 1.33 bits per heavy atom. The molecule has 0 atom stereocenters. The van der Waals surface area contributed by atoms with Gasteiger partial charge < -0.3 is 9.47 Å². The van der Waals surface area contributed by atoms with Gasteiger partial charge in [-0.2, -0.15) is 4.99 Å². The highest BCUT2D eigenvalue weighted by molar-refractivity contribution is 5.82. The van der Waals surface area contributed by atoms with Gasteiger partial charge in [0.2, 0.25) is 6.08 Å². The molecule has 1 aliphatic carbocycles. The van der Waals surface area contributed by atoms with Crippen molar-refractivity contribution in [3.05, 3.63) is 23.3 Å². The third-order valence-corrected chi connectivity index (χ3v) is 3.16. The fraction of sp³-hybridized carbons (Fsp3) is 0.385. The molecule has 5 nitrogen and oxygen atoms in total. The third kappa shape index (κ3) is 1.89. The van der Waals surface area contributed by atoms with Crippen LogP contribution in [0.2, 0.25) is 0 Å². The summed E-state index contributed by atoms with van der Waals surface area (Å²) in [6.45, 7) is 0. The average Bonchev–Trinajstić information content (AvgIpc) is 3.18. The van der Waals surface area contributed by atoms with Gasteiger partial charge in [0.25, 0.3) is 0 Å². The Morgan fingerprint density at radius 3 is 2.50 bits per heavy atom. The number of carbonyl (C=O) groups excluding carboxylic acids is 2. The van der Waals surface area contributed by atoms with Crippen molar-refractivity contribution in [3.63, 3.8) is 0 Å². The molecule has 94 valence electrons. The Labute approximate surface area is 104 Å². The number of hydrogen-bond donors (Lipinski definition) is 0. The van der Waals surface area contributed by atoms with E-state index >= 15 is 0 Å². The molecule has 18 heavy (non-hydrogen) atoms. The molecule has 0 aliphatic heterocycles. The first-order chi connectivity index (χ1) is 8.70. The maximum Gasteiger partial charge on any atom is 0.235 e. The van der Waals surface area contributed by atoms with Gasteiger partial charge >= 0.3 is 0 Å². The molecule has 1 saturated carbocycles. The van der Waals surface area contributed by atoms with E-state index in [1.165, 1.54) is 14.2 Å². The van der Waals surface area contributed by atoms with E-state index in [1.54, 1.807) is 18.2 Å². The summed E-state index contributed by atoms with van der Waals surface area (Å²) < 4.78 is 10.3. The average molecular weight is 247 g/mol. The molecule has 1 aromatic rings. The summed E-state index contributed by atoms with van der Waals surface area (Å²) in [5, 5.41) is 0. The van der Waals surface area contributed by atoms with E-state index in [2.05, 4.69) is 4.99 Å². The Balaban J connectivity index is 2.57. The van der Waals surface area contributed by atoms with Crippen molar-refractivity contribution in [2.24, 2.45) is 4.99 Å². The minimum atomic E-state index is -0.529. The van der Waals surface area contributed by atoms with Crippen LogP contribution in [0, 0.1) is 0 Å². The van der Waals surface area contributed by atoms with Crippen LogP contribution in [0.3, 0.4) is 0 Å². The van der Waals surface area contributed by atoms with Crippen LogP contribution in [0.5, 0.6) is 11.5 Å². The van der Waals surface area contributed by atoms with Gasteiger partial charge in [0, 0.05) is 0 Å². The molecular weight excluding hydrogens is 234 g/mol. The largest absolute Gasteiger partial charge is 0.493 e. The van der Waals surface area contributed by atoms with Crippen molar-refractivity contribution in [1.82, 2.24) is 0 Å². The fourth-order valence-electron chi connectivity index (χ4n) is 2.02. The van der Waals surface area contributed by atoms with Crippen molar-refractivity contribution in [1.29, 1.82) is 0 Å². The van der Waals surface area contributed by atoms with Crippen molar-refractivity contribution in [3.8, 4) is 11.5 Å². The van der Waals surface area contributed by atoms with Crippen LogP contribution < -0.4 is 9.47 Å². The van der Waals surface area contributed by atoms with Crippen LogP contribution in [0.25, 0.3) is 0 Å². The van der Waals surface area contributed by atoms with Gasteiger partial charge in [0.05, 0.1) is 25.3 Å². The minimum absolute atomic E-state index is 0.388. The Hall–Kier alpha value is -2.13. The standard InChI is InChI=1S/C13H13NO4/c1-17-11-6-10(13(3-4-13)14-8-16)5-9(7-15)12(11)18-2/h5-7H,3-4H2,1-2H3. The molecule has 0 radical (unpaired) electrons. The highest BCUT2D eigenvalue weighted by Crippen LogP contribution is 2.51. The fourth-order valence-corrected chi connectivity index (χ4v) is 2.02. The molecule has 2 rings (SSSR count). The van der Waals surface area contributed by atoms with Crippen LogP contribution in [0.15, 0.2) is 17.1 Å². The molecule has 0 aromatic heterocycles. The van der Waals surface area contributed by atoms with Crippen molar-refractivity contribution in [2.45, 2.75) is 18.4 Å². The van der Waals surface area contributed by atoms with Crippen LogP contribution in [-0.2, 0) is 10.3 Å². The number of benzene rings is 1. The molecule has 0 heterocycles. The minimum Gasteiger partial charge on any atom is -0.493 e. The second-order valence-corrected chi connectivity index (χ2v) is 4.15. The zero-order chi connectivity index (χ0) is 13.2. The summed E-state index contributed by atoms with van der Waals surface area (Å²) in [4.78, 5) is 25.3. The maximum atomic E-state index is 11.1. The smallest absolute Gasteiger partial charge is 0.235 e. The lowest BCUT2D eigenvalue weighted by Crippen LogP contribution is -2.05. The van der Waals surface area contributed by atoms with Crippen LogP contribution >= 0.6 is 0 Å². The van der Waals surface area contributed by atoms with Gasteiger partial charge in [-0.3, -0.25) is 4.79 Å². The Kier molecular flexibility index (Phi) is 3.17. The highest BCUT2D eigenvalue weighted by Gasteiger charge is 2.45. The molecule has 1 aromatic carbocycles.